The number of carbonyl (C=O) groups is 3. The molecule has 0 fully saturated rings. The summed E-state index contributed by atoms with van der Waals surface area (Å²) < 4.78 is 0. The summed E-state index contributed by atoms with van der Waals surface area (Å²) in [7, 11) is 0. The molecule has 4 nitrogen and oxygen atoms in total. The smallest absolute Gasteiger partial charge is 0.231 e. The highest BCUT2D eigenvalue weighted by molar-refractivity contribution is 6.13. The third-order valence-electron chi connectivity index (χ3n) is 2.87. The van der Waals surface area contributed by atoms with E-state index < -0.39 is 11.7 Å². The summed E-state index contributed by atoms with van der Waals surface area (Å²) >= 11 is 0. The highest BCUT2D eigenvalue weighted by atomic mass is 16.2. The Morgan fingerprint density at radius 1 is 0.762 bits per heavy atom. The molecule has 0 aliphatic heterocycles. The molecule has 4 heteroatoms. The Morgan fingerprint density at radius 3 is 1.95 bits per heavy atom. The fraction of sp³-hybridized carbons (Fsp3) is 0.118. The van der Waals surface area contributed by atoms with Crippen molar-refractivity contribution in [2.24, 2.45) is 0 Å². The van der Waals surface area contributed by atoms with Crippen LogP contribution in [-0.4, -0.2) is 17.5 Å². The van der Waals surface area contributed by atoms with Crippen molar-refractivity contribution in [3.8, 4) is 0 Å². The fourth-order valence-electron chi connectivity index (χ4n) is 1.87. The van der Waals surface area contributed by atoms with E-state index in [9.17, 15) is 14.4 Å². The monoisotopic (exact) mass is 281 g/mol. The minimum Gasteiger partial charge on any atom is -0.326 e. The first-order valence-electron chi connectivity index (χ1n) is 6.60. The van der Waals surface area contributed by atoms with Gasteiger partial charge in [0, 0.05) is 11.3 Å². The number of benzene rings is 2. The van der Waals surface area contributed by atoms with Gasteiger partial charge >= 0.3 is 0 Å². The number of para-hydroxylation sites is 1. The van der Waals surface area contributed by atoms with Gasteiger partial charge in [0.15, 0.2) is 5.78 Å². The van der Waals surface area contributed by atoms with Gasteiger partial charge in [-0.05, 0) is 12.1 Å². The van der Waals surface area contributed by atoms with Crippen LogP contribution in [-0.2, 0) is 9.59 Å². The second kappa shape index (κ2) is 7.14. The molecule has 0 aromatic heterocycles. The van der Waals surface area contributed by atoms with Gasteiger partial charge in [0.1, 0.15) is 5.78 Å². The van der Waals surface area contributed by atoms with Crippen LogP contribution in [0.3, 0.4) is 0 Å². The largest absolute Gasteiger partial charge is 0.326 e. The zero-order valence-electron chi connectivity index (χ0n) is 11.4. The molecule has 21 heavy (non-hydrogen) atoms. The number of rotatable bonds is 6. The standard InChI is InChI=1S/C17H15NO3/c19-15(11-16(20)13-7-3-1-4-8-13)12-17(21)18-14-9-5-2-6-10-14/h1-10H,11-12H2,(H,18,21). The Balaban J connectivity index is 1.84. The highest BCUT2D eigenvalue weighted by Gasteiger charge is 2.15. The van der Waals surface area contributed by atoms with Crippen LogP contribution in [0.1, 0.15) is 23.2 Å². The maximum Gasteiger partial charge on any atom is 0.231 e. The van der Waals surface area contributed by atoms with E-state index >= 15 is 0 Å². The van der Waals surface area contributed by atoms with E-state index in [4.69, 9.17) is 0 Å². The lowest BCUT2D eigenvalue weighted by Gasteiger charge is -2.04. The molecule has 2 aromatic rings. The first kappa shape index (κ1) is 14.7. The van der Waals surface area contributed by atoms with Gasteiger partial charge in [-0.2, -0.15) is 0 Å². The Kier molecular flexibility index (Phi) is 4.99. The lowest BCUT2D eigenvalue weighted by atomic mass is 10.0. The van der Waals surface area contributed by atoms with Crippen molar-refractivity contribution >= 4 is 23.2 Å². The number of ketones is 2. The van der Waals surface area contributed by atoms with E-state index in [1.807, 2.05) is 6.07 Å². The molecule has 0 saturated heterocycles. The number of hydrogen-bond donors (Lipinski definition) is 1. The average Bonchev–Trinajstić information content (AvgIpc) is 2.48. The van der Waals surface area contributed by atoms with Crippen molar-refractivity contribution in [3.63, 3.8) is 0 Å². The van der Waals surface area contributed by atoms with Crippen LogP contribution in [0, 0.1) is 0 Å². The van der Waals surface area contributed by atoms with Gasteiger partial charge in [-0.1, -0.05) is 48.5 Å². The molecule has 106 valence electrons. The molecule has 1 amide bonds. The highest BCUT2D eigenvalue weighted by Crippen LogP contribution is 2.08. The van der Waals surface area contributed by atoms with Crippen LogP contribution in [0.2, 0.25) is 0 Å². The zero-order chi connectivity index (χ0) is 15.1. The summed E-state index contributed by atoms with van der Waals surface area (Å²) in [5, 5.41) is 2.61. The minimum absolute atomic E-state index is 0.258. The molecule has 2 aromatic carbocycles. The molecule has 0 spiro atoms. The summed E-state index contributed by atoms with van der Waals surface area (Å²) in [6, 6.07) is 17.5. The summed E-state index contributed by atoms with van der Waals surface area (Å²) in [4.78, 5) is 35.3. The molecule has 0 unspecified atom stereocenters. The number of amides is 1. The molecular formula is C17H15NO3. The van der Waals surface area contributed by atoms with E-state index in [0.717, 1.165) is 0 Å². The third-order valence-corrected chi connectivity index (χ3v) is 2.87. The molecule has 0 aliphatic rings. The van der Waals surface area contributed by atoms with Crippen LogP contribution < -0.4 is 5.32 Å². The first-order valence-corrected chi connectivity index (χ1v) is 6.60. The Hall–Kier alpha value is -2.75. The molecule has 2 rings (SSSR count). The number of nitrogens with one attached hydrogen (secondary N) is 1. The normalized spacial score (nSPS) is 9.90. The fourth-order valence-corrected chi connectivity index (χ4v) is 1.87. The van der Waals surface area contributed by atoms with Crippen molar-refractivity contribution in [1.82, 2.24) is 0 Å². The summed E-state index contributed by atoms with van der Waals surface area (Å²) in [6.07, 6.45) is -0.556. The van der Waals surface area contributed by atoms with Crippen molar-refractivity contribution in [1.29, 1.82) is 0 Å². The topological polar surface area (TPSA) is 63.2 Å². The lowest BCUT2D eigenvalue weighted by Crippen LogP contribution is -2.18. The van der Waals surface area contributed by atoms with Crippen molar-refractivity contribution in [2.45, 2.75) is 12.8 Å². The van der Waals surface area contributed by atoms with E-state index in [2.05, 4.69) is 5.32 Å². The SMILES string of the molecule is O=C(CC(=O)Nc1ccccc1)CC(=O)c1ccccc1. The van der Waals surface area contributed by atoms with Crippen molar-refractivity contribution in [2.75, 3.05) is 5.32 Å². The van der Waals surface area contributed by atoms with Gasteiger partial charge in [0.05, 0.1) is 12.8 Å². The number of carbonyl (C=O) groups excluding carboxylic acids is 3. The van der Waals surface area contributed by atoms with Crippen molar-refractivity contribution in [3.05, 3.63) is 66.2 Å². The van der Waals surface area contributed by atoms with Crippen LogP contribution in [0.5, 0.6) is 0 Å². The average molecular weight is 281 g/mol. The van der Waals surface area contributed by atoms with Gasteiger partial charge in [-0.15, -0.1) is 0 Å². The third kappa shape index (κ3) is 4.69. The number of Topliss-reactive ketones (excluding diaryl/α,β-unsaturated/α-hetero) is 2. The van der Waals surface area contributed by atoms with Gasteiger partial charge in [-0.3, -0.25) is 14.4 Å². The van der Waals surface area contributed by atoms with E-state index in [-0.39, 0.29) is 18.6 Å². The molecular weight excluding hydrogens is 266 g/mol. The van der Waals surface area contributed by atoms with Crippen LogP contribution in [0.25, 0.3) is 0 Å². The second-order valence-corrected chi connectivity index (χ2v) is 4.60. The van der Waals surface area contributed by atoms with Crippen LogP contribution in [0.4, 0.5) is 5.69 Å². The zero-order valence-corrected chi connectivity index (χ0v) is 11.4. The van der Waals surface area contributed by atoms with Gasteiger partial charge in [0.25, 0.3) is 0 Å². The number of anilines is 1. The van der Waals surface area contributed by atoms with E-state index in [1.165, 1.54) is 0 Å². The lowest BCUT2D eigenvalue weighted by molar-refractivity contribution is -0.124. The van der Waals surface area contributed by atoms with Gasteiger partial charge in [-0.25, -0.2) is 0 Å². The Morgan fingerprint density at radius 2 is 1.33 bits per heavy atom. The van der Waals surface area contributed by atoms with E-state index in [0.29, 0.717) is 11.3 Å². The molecule has 1 N–H and O–H groups in total. The Bertz CT molecular complexity index is 636. The second-order valence-electron chi connectivity index (χ2n) is 4.60. The summed E-state index contributed by atoms with van der Waals surface area (Å²) in [6.45, 7) is 0. The molecule has 0 atom stereocenters. The van der Waals surface area contributed by atoms with E-state index in [1.54, 1.807) is 54.6 Å². The van der Waals surface area contributed by atoms with Gasteiger partial charge < -0.3 is 5.32 Å². The molecule has 0 heterocycles. The molecule has 0 aliphatic carbocycles. The molecule has 0 bridgehead atoms. The maximum absolute atomic E-state index is 11.8. The predicted octanol–water partition coefficient (Wildman–Crippen LogP) is 2.86. The molecule has 0 radical (unpaired) electrons. The molecule has 0 saturated carbocycles. The Labute approximate surface area is 122 Å². The van der Waals surface area contributed by atoms with Crippen molar-refractivity contribution < 1.29 is 14.4 Å². The maximum atomic E-state index is 11.8. The predicted molar refractivity (Wildman–Crippen MR) is 80.1 cm³/mol. The minimum atomic E-state index is -0.410. The van der Waals surface area contributed by atoms with Crippen LogP contribution >= 0.6 is 0 Å². The van der Waals surface area contributed by atoms with Gasteiger partial charge in [0.2, 0.25) is 5.91 Å². The summed E-state index contributed by atoms with van der Waals surface area (Å²) in [5.74, 6) is -1.07. The first-order chi connectivity index (χ1) is 10.1. The van der Waals surface area contributed by atoms with Crippen LogP contribution in [0.15, 0.2) is 60.7 Å². The quantitative estimate of drug-likeness (QED) is 0.654. The number of hydrogen-bond acceptors (Lipinski definition) is 3. The summed E-state index contributed by atoms with van der Waals surface area (Å²) in [5.41, 5.74) is 1.11.